The Morgan fingerprint density at radius 1 is 1.16 bits per heavy atom. The highest BCUT2D eigenvalue weighted by atomic mass is 19.4. The Morgan fingerprint density at radius 2 is 1.92 bits per heavy atom. The van der Waals surface area contributed by atoms with Crippen molar-refractivity contribution >= 4 is 17.2 Å². The van der Waals surface area contributed by atoms with Crippen LogP contribution in [0.15, 0.2) is 60.9 Å². The number of carbonyl (C=O) groups excluding carboxylic acids is 1. The van der Waals surface area contributed by atoms with E-state index in [1.165, 1.54) is 6.07 Å². The van der Waals surface area contributed by atoms with E-state index in [1.54, 1.807) is 60.1 Å². The lowest BCUT2D eigenvalue weighted by molar-refractivity contribution is -0.131. The van der Waals surface area contributed by atoms with E-state index in [4.69, 9.17) is 0 Å². The third-order valence-corrected chi connectivity index (χ3v) is 6.34. The van der Waals surface area contributed by atoms with E-state index in [1.807, 2.05) is 6.07 Å². The highest BCUT2D eigenvalue weighted by molar-refractivity contribution is 5.96. The Balaban J connectivity index is 1.54. The number of aromatic hydroxyl groups is 1. The Hall–Kier alpha value is -4.08. The van der Waals surface area contributed by atoms with Gasteiger partial charge in [-0.2, -0.15) is 13.2 Å². The Kier molecular flexibility index (Phi) is 6.26. The molecular formula is C27H24F4N4O2. The Labute approximate surface area is 210 Å². The number of phenols is 1. The van der Waals surface area contributed by atoms with Crippen LogP contribution in [0.4, 0.5) is 23.2 Å². The lowest BCUT2D eigenvalue weighted by atomic mass is 10.0. The first-order valence-corrected chi connectivity index (χ1v) is 11.8. The van der Waals surface area contributed by atoms with Crippen molar-refractivity contribution in [2.45, 2.75) is 38.2 Å². The summed E-state index contributed by atoms with van der Waals surface area (Å²) in [6, 6.07) is 13.1. The van der Waals surface area contributed by atoms with Gasteiger partial charge in [-0.3, -0.25) is 9.20 Å². The summed E-state index contributed by atoms with van der Waals surface area (Å²) in [5.41, 5.74) is 4.38. The summed E-state index contributed by atoms with van der Waals surface area (Å²) in [5.74, 6) is -0.313. The van der Waals surface area contributed by atoms with Crippen molar-refractivity contribution in [3.05, 3.63) is 72.1 Å². The minimum Gasteiger partial charge on any atom is -0.507 e. The maximum Gasteiger partial charge on any atom is 0.390 e. The minimum absolute atomic E-state index is 0.0298. The molecule has 1 saturated carbocycles. The number of alkyl halides is 4. The first-order valence-electron chi connectivity index (χ1n) is 11.8. The third kappa shape index (κ3) is 5.23. The number of hydrogen-bond donors (Lipinski definition) is 3. The molecule has 192 valence electrons. The molecule has 10 heteroatoms. The van der Waals surface area contributed by atoms with Gasteiger partial charge in [0.05, 0.1) is 30.0 Å². The second-order valence-electron chi connectivity index (χ2n) is 9.15. The van der Waals surface area contributed by atoms with Crippen LogP contribution >= 0.6 is 0 Å². The van der Waals surface area contributed by atoms with E-state index >= 15 is 0 Å². The molecule has 2 aromatic carbocycles. The number of benzene rings is 2. The number of rotatable bonds is 7. The number of hydrogen-bond acceptors (Lipinski definition) is 4. The van der Waals surface area contributed by atoms with Gasteiger partial charge in [-0.05, 0) is 36.8 Å². The van der Waals surface area contributed by atoms with E-state index in [2.05, 4.69) is 15.6 Å². The largest absolute Gasteiger partial charge is 0.507 e. The summed E-state index contributed by atoms with van der Waals surface area (Å²) in [6.45, 7) is 1.44. The average Bonchev–Trinajstić information content (AvgIpc) is 3.35. The normalized spacial score (nSPS) is 17.1. The van der Waals surface area contributed by atoms with Gasteiger partial charge < -0.3 is 15.7 Å². The van der Waals surface area contributed by atoms with Crippen LogP contribution in [0.3, 0.4) is 0 Å². The molecular weight excluding hydrogens is 488 g/mol. The lowest BCUT2D eigenvalue weighted by Crippen LogP contribution is -2.27. The summed E-state index contributed by atoms with van der Waals surface area (Å²) < 4.78 is 53.3. The van der Waals surface area contributed by atoms with E-state index in [-0.39, 0.29) is 18.2 Å². The Bertz CT molecular complexity index is 1480. The van der Waals surface area contributed by atoms with Gasteiger partial charge in [0.25, 0.3) is 5.91 Å². The molecule has 1 amide bonds. The number of aromatic nitrogens is 2. The molecule has 37 heavy (non-hydrogen) atoms. The minimum atomic E-state index is -4.31. The molecule has 2 heterocycles. The van der Waals surface area contributed by atoms with Gasteiger partial charge in [0.2, 0.25) is 0 Å². The number of aryl methyl sites for hydroxylation is 1. The quantitative estimate of drug-likeness (QED) is 0.270. The number of para-hydroxylation sites is 1. The Morgan fingerprint density at radius 3 is 2.59 bits per heavy atom. The molecule has 5 rings (SSSR count). The van der Waals surface area contributed by atoms with Gasteiger partial charge in [-0.1, -0.05) is 24.3 Å². The van der Waals surface area contributed by atoms with E-state index < -0.39 is 24.8 Å². The fourth-order valence-corrected chi connectivity index (χ4v) is 4.27. The SMILES string of the molecule is Cc1cc(-c2cnc3c(NCCC(F)(F)F)cc(-c4ccccc4O)cn23)ccc1C(=O)NC1CC1F. The van der Waals surface area contributed by atoms with Crippen LogP contribution in [0.2, 0.25) is 0 Å². The third-order valence-electron chi connectivity index (χ3n) is 6.34. The number of anilines is 1. The molecule has 2 aromatic heterocycles. The highest BCUT2D eigenvalue weighted by Gasteiger charge is 2.39. The molecule has 0 bridgehead atoms. The van der Waals surface area contributed by atoms with Crippen LogP contribution in [0.1, 0.15) is 28.8 Å². The van der Waals surface area contributed by atoms with Gasteiger partial charge in [-0.15, -0.1) is 0 Å². The zero-order valence-corrected chi connectivity index (χ0v) is 19.8. The number of imidazole rings is 1. The second kappa shape index (κ2) is 9.42. The van der Waals surface area contributed by atoms with Gasteiger partial charge in [-0.25, -0.2) is 9.37 Å². The summed E-state index contributed by atoms with van der Waals surface area (Å²) >= 11 is 0. The number of halogens is 4. The number of nitrogens with zero attached hydrogens (tertiary/aromatic N) is 2. The van der Waals surface area contributed by atoms with Crippen LogP contribution in [0, 0.1) is 6.92 Å². The summed E-state index contributed by atoms with van der Waals surface area (Å²) in [4.78, 5) is 17.0. The van der Waals surface area contributed by atoms with Crippen LogP contribution in [-0.2, 0) is 0 Å². The second-order valence-corrected chi connectivity index (χ2v) is 9.15. The van der Waals surface area contributed by atoms with E-state index in [9.17, 15) is 27.5 Å². The molecule has 1 aliphatic rings. The van der Waals surface area contributed by atoms with Crippen molar-refractivity contribution in [3.63, 3.8) is 0 Å². The zero-order valence-electron chi connectivity index (χ0n) is 19.8. The summed E-state index contributed by atoms with van der Waals surface area (Å²) in [6.07, 6.45) is -2.64. The predicted molar refractivity (Wildman–Crippen MR) is 132 cm³/mol. The van der Waals surface area contributed by atoms with Crippen molar-refractivity contribution in [3.8, 4) is 28.1 Å². The number of amides is 1. The maximum absolute atomic E-state index is 13.2. The van der Waals surface area contributed by atoms with Crippen molar-refractivity contribution in [2.75, 3.05) is 11.9 Å². The topological polar surface area (TPSA) is 78.7 Å². The molecule has 0 saturated heterocycles. The van der Waals surface area contributed by atoms with E-state index in [0.717, 1.165) is 5.56 Å². The van der Waals surface area contributed by atoms with Crippen LogP contribution in [0.5, 0.6) is 5.75 Å². The molecule has 0 spiro atoms. The first-order chi connectivity index (χ1) is 17.6. The molecule has 6 nitrogen and oxygen atoms in total. The van der Waals surface area contributed by atoms with Crippen LogP contribution in [0.25, 0.3) is 28.0 Å². The highest BCUT2D eigenvalue weighted by Crippen LogP contribution is 2.35. The van der Waals surface area contributed by atoms with Gasteiger partial charge in [0.15, 0.2) is 5.65 Å². The van der Waals surface area contributed by atoms with Crippen molar-refractivity contribution in [1.29, 1.82) is 0 Å². The molecule has 3 N–H and O–H groups in total. The number of nitrogens with one attached hydrogen (secondary N) is 2. The van der Waals surface area contributed by atoms with Crippen molar-refractivity contribution in [2.24, 2.45) is 0 Å². The first kappa shape index (κ1) is 24.6. The smallest absolute Gasteiger partial charge is 0.390 e. The predicted octanol–water partition coefficient (Wildman–Crippen LogP) is 5.89. The molecule has 0 aliphatic heterocycles. The van der Waals surface area contributed by atoms with Gasteiger partial charge in [0.1, 0.15) is 11.9 Å². The van der Waals surface area contributed by atoms with Crippen LogP contribution in [-0.4, -0.2) is 45.3 Å². The fourth-order valence-electron chi connectivity index (χ4n) is 4.27. The van der Waals surface area contributed by atoms with Crippen molar-refractivity contribution < 1.29 is 27.5 Å². The molecule has 1 aliphatic carbocycles. The van der Waals surface area contributed by atoms with Gasteiger partial charge >= 0.3 is 6.18 Å². The number of pyridine rings is 1. The molecule has 2 unspecified atom stereocenters. The molecule has 2 atom stereocenters. The van der Waals surface area contributed by atoms with E-state index in [0.29, 0.717) is 45.7 Å². The van der Waals surface area contributed by atoms with Crippen LogP contribution < -0.4 is 10.6 Å². The molecule has 0 radical (unpaired) electrons. The van der Waals surface area contributed by atoms with Gasteiger partial charge in [0, 0.05) is 41.4 Å². The lowest BCUT2D eigenvalue weighted by Gasteiger charge is -2.14. The molecule has 4 aromatic rings. The monoisotopic (exact) mass is 512 g/mol. The summed E-state index contributed by atoms with van der Waals surface area (Å²) in [7, 11) is 0. The number of fused-ring (bicyclic) bond motifs is 1. The standard InChI is InChI=1S/C27H24F4N4O2/c1-15-10-16(6-7-18(15)26(37)34-21-12-20(21)28)23-13-33-25-22(32-9-8-27(29,30)31)11-17(14-35(23)25)19-4-2-3-5-24(19)36/h2-7,10-11,13-14,20-21,32,36H,8-9,12H2,1H3,(H,34,37). The fraction of sp³-hybridized carbons (Fsp3) is 0.259. The summed E-state index contributed by atoms with van der Waals surface area (Å²) in [5, 5.41) is 15.9. The van der Waals surface area contributed by atoms with Crippen molar-refractivity contribution in [1.82, 2.24) is 14.7 Å². The maximum atomic E-state index is 13.2. The number of carbonyl (C=O) groups is 1. The molecule has 1 fully saturated rings. The average molecular weight is 513 g/mol. The zero-order chi connectivity index (χ0) is 26.3. The number of phenolic OH excluding ortho intramolecular Hbond substituents is 1.